The Morgan fingerprint density at radius 1 is 0.955 bits per heavy atom. The van der Waals surface area contributed by atoms with Crippen LogP contribution in [-0.4, -0.2) is 64.3 Å². The smallest absolute Gasteiger partial charge is 0.184 e. The summed E-state index contributed by atoms with van der Waals surface area (Å²) in [5.41, 5.74) is 0. The Balaban J connectivity index is 2.15. The van der Waals surface area contributed by atoms with Crippen molar-refractivity contribution in [2.75, 3.05) is 13.2 Å². The number of hydrogen-bond acceptors (Lipinski definition) is 6. The van der Waals surface area contributed by atoms with E-state index >= 15 is 0 Å². The van der Waals surface area contributed by atoms with Crippen molar-refractivity contribution in [2.45, 2.75) is 75.7 Å². The standard InChI is InChI=1S/C16H30O6/c1-2-3-4-5-6-7-8-9-10-21-15-13(18)12(11-17)22-16(20)14(15)19/h2,12-20H,1,3-11H2/t12-,13-,14-,15+,16?/m1/s1. The van der Waals surface area contributed by atoms with Crippen LogP contribution in [0.2, 0.25) is 0 Å². The molecule has 0 radical (unpaired) electrons. The van der Waals surface area contributed by atoms with Gasteiger partial charge in [-0.25, -0.2) is 0 Å². The molecule has 0 aromatic heterocycles. The van der Waals surface area contributed by atoms with Crippen LogP contribution in [0.5, 0.6) is 0 Å². The van der Waals surface area contributed by atoms with Gasteiger partial charge in [-0.2, -0.15) is 0 Å². The Labute approximate surface area is 132 Å². The highest BCUT2D eigenvalue weighted by Gasteiger charge is 2.44. The highest BCUT2D eigenvalue weighted by Crippen LogP contribution is 2.22. The molecule has 1 aliphatic rings. The summed E-state index contributed by atoms with van der Waals surface area (Å²) in [6, 6.07) is 0. The number of hydrogen-bond donors (Lipinski definition) is 4. The van der Waals surface area contributed by atoms with Crippen molar-refractivity contribution in [3.8, 4) is 0 Å². The van der Waals surface area contributed by atoms with Crippen LogP contribution >= 0.6 is 0 Å². The first-order valence-corrected chi connectivity index (χ1v) is 8.14. The fourth-order valence-electron chi connectivity index (χ4n) is 2.58. The van der Waals surface area contributed by atoms with E-state index in [4.69, 9.17) is 14.6 Å². The summed E-state index contributed by atoms with van der Waals surface area (Å²) in [6.45, 7) is 3.66. The molecule has 1 heterocycles. The third-order valence-electron chi connectivity index (χ3n) is 3.95. The second-order valence-corrected chi connectivity index (χ2v) is 5.76. The molecule has 0 amide bonds. The fraction of sp³-hybridized carbons (Fsp3) is 0.875. The number of aliphatic hydroxyl groups is 4. The molecule has 1 saturated heterocycles. The van der Waals surface area contributed by atoms with Crippen LogP contribution < -0.4 is 0 Å². The summed E-state index contributed by atoms with van der Waals surface area (Å²) in [5, 5.41) is 38.3. The minimum absolute atomic E-state index is 0.399. The van der Waals surface area contributed by atoms with Gasteiger partial charge in [0.15, 0.2) is 6.29 Å². The Kier molecular flexibility index (Phi) is 9.86. The van der Waals surface area contributed by atoms with Crippen LogP contribution in [0.25, 0.3) is 0 Å². The average molecular weight is 318 g/mol. The SMILES string of the molecule is C=CCCCCCCCCO[C@H]1[C@H](O)[C@@H](CO)OC(O)[C@@H]1O. The van der Waals surface area contributed by atoms with E-state index in [1.165, 1.54) is 19.3 Å². The van der Waals surface area contributed by atoms with Crippen molar-refractivity contribution in [1.29, 1.82) is 0 Å². The zero-order valence-electron chi connectivity index (χ0n) is 13.1. The van der Waals surface area contributed by atoms with Crippen molar-refractivity contribution in [3.05, 3.63) is 12.7 Å². The predicted molar refractivity (Wildman–Crippen MR) is 82.2 cm³/mol. The molecular weight excluding hydrogens is 288 g/mol. The lowest BCUT2D eigenvalue weighted by atomic mass is 9.99. The maximum atomic E-state index is 9.95. The predicted octanol–water partition coefficient (Wildman–Crippen LogP) is 0.720. The lowest BCUT2D eigenvalue weighted by Gasteiger charge is -2.39. The van der Waals surface area contributed by atoms with Crippen LogP contribution in [0.4, 0.5) is 0 Å². The van der Waals surface area contributed by atoms with Gasteiger partial charge in [-0.1, -0.05) is 31.8 Å². The van der Waals surface area contributed by atoms with Crippen LogP contribution in [0.15, 0.2) is 12.7 Å². The molecule has 4 N–H and O–H groups in total. The van der Waals surface area contributed by atoms with E-state index in [-0.39, 0.29) is 0 Å². The molecular formula is C16H30O6. The largest absolute Gasteiger partial charge is 0.394 e. The zero-order chi connectivity index (χ0) is 16.4. The van der Waals surface area contributed by atoms with Crippen molar-refractivity contribution >= 4 is 0 Å². The molecule has 1 aliphatic heterocycles. The maximum Gasteiger partial charge on any atom is 0.184 e. The third-order valence-corrected chi connectivity index (χ3v) is 3.95. The summed E-state index contributed by atoms with van der Waals surface area (Å²) in [4.78, 5) is 0. The second-order valence-electron chi connectivity index (χ2n) is 5.76. The second kappa shape index (κ2) is 11.1. The van der Waals surface area contributed by atoms with E-state index < -0.39 is 37.3 Å². The molecule has 1 fully saturated rings. The fourth-order valence-corrected chi connectivity index (χ4v) is 2.58. The number of aliphatic hydroxyl groups excluding tert-OH is 4. The Morgan fingerprint density at radius 2 is 1.59 bits per heavy atom. The molecule has 130 valence electrons. The number of ether oxygens (including phenoxy) is 2. The topological polar surface area (TPSA) is 99.4 Å². The molecule has 22 heavy (non-hydrogen) atoms. The van der Waals surface area contributed by atoms with Crippen LogP contribution in [0.3, 0.4) is 0 Å². The monoisotopic (exact) mass is 318 g/mol. The molecule has 1 unspecified atom stereocenters. The minimum Gasteiger partial charge on any atom is -0.394 e. The van der Waals surface area contributed by atoms with Gasteiger partial charge in [0.25, 0.3) is 0 Å². The van der Waals surface area contributed by atoms with Gasteiger partial charge in [0, 0.05) is 6.61 Å². The summed E-state index contributed by atoms with van der Waals surface area (Å²) in [5.74, 6) is 0. The van der Waals surface area contributed by atoms with Gasteiger partial charge in [-0.15, -0.1) is 6.58 Å². The van der Waals surface area contributed by atoms with Gasteiger partial charge in [-0.05, 0) is 19.3 Å². The average Bonchev–Trinajstić information content (AvgIpc) is 2.52. The van der Waals surface area contributed by atoms with E-state index in [0.717, 1.165) is 25.7 Å². The molecule has 6 nitrogen and oxygen atoms in total. The van der Waals surface area contributed by atoms with Gasteiger partial charge >= 0.3 is 0 Å². The Hall–Kier alpha value is -0.500. The summed E-state index contributed by atoms with van der Waals surface area (Å²) in [6.07, 6.45) is 3.77. The van der Waals surface area contributed by atoms with Gasteiger partial charge in [-0.3, -0.25) is 0 Å². The maximum absolute atomic E-state index is 9.95. The molecule has 0 aliphatic carbocycles. The summed E-state index contributed by atoms with van der Waals surface area (Å²) < 4.78 is 10.4. The summed E-state index contributed by atoms with van der Waals surface area (Å²) in [7, 11) is 0. The molecule has 0 saturated carbocycles. The normalized spacial score (nSPS) is 32.1. The van der Waals surface area contributed by atoms with Crippen LogP contribution in [0, 0.1) is 0 Å². The van der Waals surface area contributed by atoms with E-state index in [2.05, 4.69) is 6.58 Å². The molecule has 0 spiro atoms. The van der Waals surface area contributed by atoms with Crippen molar-refractivity contribution < 1.29 is 29.9 Å². The lowest BCUT2D eigenvalue weighted by Crippen LogP contribution is -2.59. The highest BCUT2D eigenvalue weighted by molar-refractivity contribution is 4.89. The van der Waals surface area contributed by atoms with Gasteiger partial charge in [0.05, 0.1) is 6.61 Å². The molecule has 0 aromatic rings. The van der Waals surface area contributed by atoms with Crippen molar-refractivity contribution in [3.63, 3.8) is 0 Å². The van der Waals surface area contributed by atoms with Crippen molar-refractivity contribution in [2.24, 2.45) is 0 Å². The molecule has 5 atom stereocenters. The Bertz CT molecular complexity index is 298. The quantitative estimate of drug-likeness (QED) is 0.331. The van der Waals surface area contributed by atoms with Crippen molar-refractivity contribution in [1.82, 2.24) is 0 Å². The molecule has 6 heteroatoms. The number of unbranched alkanes of at least 4 members (excludes halogenated alkanes) is 6. The third kappa shape index (κ3) is 6.32. The molecule has 1 rings (SSSR count). The zero-order valence-corrected chi connectivity index (χ0v) is 13.1. The highest BCUT2D eigenvalue weighted by atomic mass is 16.6. The van der Waals surface area contributed by atoms with E-state index in [0.29, 0.717) is 6.61 Å². The van der Waals surface area contributed by atoms with Crippen LogP contribution in [-0.2, 0) is 9.47 Å². The number of rotatable bonds is 11. The lowest BCUT2D eigenvalue weighted by molar-refractivity contribution is -0.294. The van der Waals surface area contributed by atoms with E-state index in [9.17, 15) is 15.3 Å². The first kappa shape index (κ1) is 19.5. The number of allylic oxidation sites excluding steroid dienone is 1. The van der Waals surface area contributed by atoms with Gasteiger partial charge < -0.3 is 29.9 Å². The van der Waals surface area contributed by atoms with Crippen LogP contribution in [0.1, 0.15) is 44.9 Å². The first-order chi connectivity index (χ1) is 10.6. The van der Waals surface area contributed by atoms with Gasteiger partial charge in [0.2, 0.25) is 0 Å². The van der Waals surface area contributed by atoms with Gasteiger partial charge in [0.1, 0.15) is 24.4 Å². The van der Waals surface area contributed by atoms with E-state index in [1.54, 1.807) is 0 Å². The molecule has 0 bridgehead atoms. The Morgan fingerprint density at radius 3 is 2.23 bits per heavy atom. The van der Waals surface area contributed by atoms with E-state index in [1.807, 2.05) is 6.08 Å². The summed E-state index contributed by atoms with van der Waals surface area (Å²) >= 11 is 0. The minimum atomic E-state index is -1.45. The molecule has 0 aromatic carbocycles. The first-order valence-electron chi connectivity index (χ1n) is 8.14.